The smallest absolute Gasteiger partial charge is 0.341 e. The second-order valence-corrected chi connectivity index (χ2v) is 4.45. The predicted molar refractivity (Wildman–Crippen MR) is 79.3 cm³/mol. The van der Waals surface area contributed by atoms with Crippen LogP contribution in [-0.2, 0) is 4.74 Å². The molecule has 2 aromatic rings. The summed E-state index contributed by atoms with van der Waals surface area (Å²) in [6.07, 6.45) is -0.749. The van der Waals surface area contributed by atoms with Crippen molar-refractivity contribution >= 4 is 5.97 Å². The number of para-hydroxylation sites is 1. The molecule has 1 atom stereocenters. The molecule has 0 bridgehead atoms. The summed E-state index contributed by atoms with van der Waals surface area (Å²) in [5.41, 5.74) is 1.13. The van der Waals surface area contributed by atoms with E-state index in [9.17, 15) is 9.90 Å². The van der Waals surface area contributed by atoms with Gasteiger partial charge >= 0.3 is 5.97 Å². The van der Waals surface area contributed by atoms with Gasteiger partial charge < -0.3 is 14.6 Å². The minimum Gasteiger partial charge on any atom is -0.490 e. The molecule has 0 spiro atoms. The van der Waals surface area contributed by atoms with E-state index in [-0.39, 0.29) is 6.61 Å². The maximum atomic E-state index is 11.8. The molecule has 1 unspecified atom stereocenters. The number of rotatable bonds is 6. The van der Waals surface area contributed by atoms with Gasteiger partial charge in [-0.1, -0.05) is 42.5 Å². The standard InChI is InChI=1S/C17H18O4/c1-2-20-17(19)14-10-6-7-11-16(14)21-12-15(18)13-8-4-3-5-9-13/h3-11,15,18H,2,12H2,1H3. The molecule has 0 amide bonds. The van der Waals surface area contributed by atoms with Crippen LogP contribution in [0, 0.1) is 0 Å². The average molecular weight is 286 g/mol. The summed E-state index contributed by atoms with van der Waals surface area (Å²) in [5, 5.41) is 10.1. The van der Waals surface area contributed by atoms with E-state index in [4.69, 9.17) is 9.47 Å². The van der Waals surface area contributed by atoms with Crippen molar-refractivity contribution in [3.05, 3.63) is 65.7 Å². The number of aliphatic hydroxyl groups is 1. The minimum atomic E-state index is -0.749. The van der Waals surface area contributed by atoms with Crippen LogP contribution in [0.5, 0.6) is 5.75 Å². The monoisotopic (exact) mass is 286 g/mol. The maximum absolute atomic E-state index is 11.8. The third kappa shape index (κ3) is 4.07. The lowest BCUT2D eigenvalue weighted by atomic mass is 10.1. The van der Waals surface area contributed by atoms with Gasteiger partial charge in [0.15, 0.2) is 0 Å². The van der Waals surface area contributed by atoms with Crippen molar-refractivity contribution < 1.29 is 19.4 Å². The van der Waals surface area contributed by atoms with Crippen LogP contribution in [0.15, 0.2) is 54.6 Å². The van der Waals surface area contributed by atoms with Crippen LogP contribution in [0.2, 0.25) is 0 Å². The second kappa shape index (κ2) is 7.45. The Hall–Kier alpha value is -2.33. The van der Waals surface area contributed by atoms with E-state index in [1.54, 1.807) is 31.2 Å². The zero-order valence-electron chi connectivity index (χ0n) is 11.9. The van der Waals surface area contributed by atoms with E-state index in [2.05, 4.69) is 0 Å². The van der Waals surface area contributed by atoms with Crippen LogP contribution in [0.3, 0.4) is 0 Å². The van der Waals surface area contributed by atoms with E-state index in [0.717, 1.165) is 5.56 Å². The van der Waals surface area contributed by atoms with Gasteiger partial charge in [-0.05, 0) is 24.6 Å². The number of hydrogen-bond acceptors (Lipinski definition) is 4. The van der Waals surface area contributed by atoms with Gasteiger partial charge in [0.05, 0.1) is 6.61 Å². The molecule has 0 aliphatic heterocycles. The van der Waals surface area contributed by atoms with E-state index in [0.29, 0.717) is 17.9 Å². The fraction of sp³-hybridized carbons (Fsp3) is 0.235. The average Bonchev–Trinajstić information content (AvgIpc) is 2.54. The predicted octanol–water partition coefficient (Wildman–Crippen LogP) is 2.98. The van der Waals surface area contributed by atoms with Crippen LogP contribution in [-0.4, -0.2) is 24.3 Å². The zero-order chi connectivity index (χ0) is 15.1. The number of benzene rings is 2. The number of esters is 1. The molecule has 0 aliphatic rings. The molecule has 1 N–H and O–H groups in total. The van der Waals surface area contributed by atoms with Crippen molar-refractivity contribution in [3.63, 3.8) is 0 Å². The molecule has 4 nitrogen and oxygen atoms in total. The first-order valence-corrected chi connectivity index (χ1v) is 6.84. The van der Waals surface area contributed by atoms with E-state index in [1.165, 1.54) is 0 Å². The number of ether oxygens (including phenoxy) is 2. The molecule has 110 valence electrons. The maximum Gasteiger partial charge on any atom is 0.341 e. The first-order chi connectivity index (χ1) is 10.2. The SMILES string of the molecule is CCOC(=O)c1ccccc1OCC(O)c1ccccc1. The number of hydrogen-bond donors (Lipinski definition) is 1. The van der Waals surface area contributed by atoms with Crippen molar-refractivity contribution in [2.24, 2.45) is 0 Å². The Kier molecular flexibility index (Phi) is 5.35. The Morgan fingerprint density at radius 3 is 2.48 bits per heavy atom. The summed E-state index contributed by atoms with van der Waals surface area (Å²) in [6, 6.07) is 16.1. The quantitative estimate of drug-likeness (QED) is 0.829. The first-order valence-electron chi connectivity index (χ1n) is 6.84. The van der Waals surface area contributed by atoms with E-state index in [1.807, 2.05) is 30.3 Å². The van der Waals surface area contributed by atoms with Crippen molar-refractivity contribution in [2.75, 3.05) is 13.2 Å². The third-order valence-corrected chi connectivity index (χ3v) is 2.96. The molecule has 0 aliphatic carbocycles. The molecule has 0 fully saturated rings. The lowest BCUT2D eigenvalue weighted by Gasteiger charge is -2.14. The molecule has 21 heavy (non-hydrogen) atoms. The van der Waals surface area contributed by atoms with Gasteiger partial charge in [0.25, 0.3) is 0 Å². The Morgan fingerprint density at radius 2 is 1.76 bits per heavy atom. The molecule has 0 aromatic heterocycles. The van der Waals surface area contributed by atoms with Crippen molar-refractivity contribution in [1.82, 2.24) is 0 Å². The van der Waals surface area contributed by atoms with Crippen LogP contribution in [0.25, 0.3) is 0 Å². The summed E-state index contributed by atoms with van der Waals surface area (Å²) in [7, 11) is 0. The molecule has 2 rings (SSSR count). The summed E-state index contributed by atoms with van der Waals surface area (Å²) < 4.78 is 10.5. The lowest BCUT2D eigenvalue weighted by Crippen LogP contribution is -2.13. The fourth-order valence-electron chi connectivity index (χ4n) is 1.91. The Labute approximate surface area is 123 Å². The van der Waals surface area contributed by atoms with Gasteiger partial charge in [-0.25, -0.2) is 4.79 Å². The normalized spacial score (nSPS) is 11.7. The van der Waals surface area contributed by atoms with Gasteiger partial charge in [0, 0.05) is 0 Å². The topological polar surface area (TPSA) is 55.8 Å². The number of carbonyl (C=O) groups is 1. The van der Waals surface area contributed by atoms with Crippen LogP contribution in [0.1, 0.15) is 28.9 Å². The molecule has 0 heterocycles. The lowest BCUT2D eigenvalue weighted by molar-refractivity contribution is 0.0515. The first kappa shape index (κ1) is 15.1. The van der Waals surface area contributed by atoms with Crippen LogP contribution >= 0.6 is 0 Å². The van der Waals surface area contributed by atoms with Crippen LogP contribution < -0.4 is 4.74 Å². The number of carbonyl (C=O) groups excluding carboxylic acids is 1. The van der Waals surface area contributed by atoms with Gasteiger partial charge in [-0.15, -0.1) is 0 Å². The van der Waals surface area contributed by atoms with Gasteiger partial charge in [0.2, 0.25) is 0 Å². The third-order valence-electron chi connectivity index (χ3n) is 2.96. The molecular formula is C17H18O4. The molecular weight excluding hydrogens is 268 g/mol. The van der Waals surface area contributed by atoms with E-state index < -0.39 is 12.1 Å². The molecule has 4 heteroatoms. The molecule has 2 aromatic carbocycles. The molecule has 0 radical (unpaired) electrons. The van der Waals surface area contributed by atoms with Gasteiger partial charge in [0.1, 0.15) is 24.0 Å². The van der Waals surface area contributed by atoms with Gasteiger partial charge in [-0.3, -0.25) is 0 Å². The summed E-state index contributed by atoms with van der Waals surface area (Å²) in [4.78, 5) is 11.8. The zero-order valence-corrected chi connectivity index (χ0v) is 11.9. The summed E-state index contributed by atoms with van der Waals surface area (Å²) >= 11 is 0. The Balaban J connectivity index is 2.05. The van der Waals surface area contributed by atoms with E-state index >= 15 is 0 Å². The Bertz CT molecular complexity index is 580. The Morgan fingerprint density at radius 1 is 1.10 bits per heavy atom. The van der Waals surface area contributed by atoms with Crippen molar-refractivity contribution in [2.45, 2.75) is 13.0 Å². The summed E-state index contributed by atoms with van der Waals surface area (Å²) in [6.45, 7) is 2.13. The summed E-state index contributed by atoms with van der Waals surface area (Å²) in [5.74, 6) is -0.0202. The molecule has 0 saturated carbocycles. The molecule has 0 saturated heterocycles. The van der Waals surface area contributed by atoms with Crippen molar-refractivity contribution in [3.8, 4) is 5.75 Å². The number of aliphatic hydroxyl groups excluding tert-OH is 1. The highest BCUT2D eigenvalue weighted by Crippen LogP contribution is 2.21. The van der Waals surface area contributed by atoms with Crippen LogP contribution in [0.4, 0.5) is 0 Å². The highest BCUT2D eigenvalue weighted by molar-refractivity contribution is 5.92. The minimum absolute atomic E-state index is 0.0699. The van der Waals surface area contributed by atoms with Crippen molar-refractivity contribution in [1.29, 1.82) is 0 Å². The van der Waals surface area contributed by atoms with Gasteiger partial charge in [-0.2, -0.15) is 0 Å². The highest BCUT2D eigenvalue weighted by Gasteiger charge is 2.15. The highest BCUT2D eigenvalue weighted by atomic mass is 16.5. The largest absolute Gasteiger partial charge is 0.490 e. The second-order valence-electron chi connectivity index (χ2n) is 4.45. The fourth-order valence-corrected chi connectivity index (χ4v) is 1.91.